The molecule has 2 aromatic carbocycles. The van der Waals surface area contributed by atoms with Crippen LogP contribution in [-0.4, -0.2) is 47.4 Å². The molecule has 0 spiro atoms. The third-order valence-corrected chi connectivity index (χ3v) is 4.39. The summed E-state index contributed by atoms with van der Waals surface area (Å²) in [6.45, 7) is 0.587. The van der Waals surface area contributed by atoms with Crippen LogP contribution in [0, 0.1) is 0 Å². The van der Waals surface area contributed by atoms with E-state index >= 15 is 0 Å². The van der Waals surface area contributed by atoms with Crippen LogP contribution in [-0.2, 0) is 11.2 Å². The van der Waals surface area contributed by atoms with Crippen LogP contribution in [0.25, 0.3) is 0 Å². The molecule has 152 valence electrons. The molecular formula is C20H25ClN2O5. The predicted octanol–water partition coefficient (Wildman–Crippen LogP) is 3.15. The molecule has 0 fully saturated rings. The van der Waals surface area contributed by atoms with Gasteiger partial charge in [0.05, 0.1) is 45.7 Å². The smallest absolute Gasteiger partial charge is 0.239 e. The maximum atomic E-state index is 12.1. The molecule has 2 N–H and O–H groups in total. The van der Waals surface area contributed by atoms with Gasteiger partial charge in [0.25, 0.3) is 0 Å². The summed E-state index contributed by atoms with van der Waals surface area (Å²) in [6.07, 6.45) is 0.671. The normalized spacial score (nSPS) is 10.2. The van der Waals surface area contributed by atoms with Gasteiger partial charge in [0.15, 0.2) is 11.5 Å². The highest BCUT2D eigenvalue weighted by molar-refractivity contribution is 6.32. The molecule has 0 saturated heterocycles. The van der Waals surface area contributed by atoms with E-state index in [-0.39, 0.29) is 12.5 Å². The quantitative estimate of drug-likeness (QED) is 0.628. The van der Waals surface area contributed by atoms with Gasteiger partial charge < -0.3 is 29.6 Å². The van der Waals surface area contributed by atoms with Gasteiger partial charge in [-0.15, -0.1) is 0 Å². The number of carbonyl (C=O) groups excluding carboxylic acids is 1. The van der Waals surface area contributed by atoms with E-state index in [1.165, 1.54) is 14.2 Å². The summed E-state index contributed by atoms with van der Waals surface area (Å²) >= 11 is 6.08. The molecule has 0 atom stereocenters. The van der Waals surface area contributed by atoms with Crippen molar-refractivity contribution >= 4 is 23.2 Å². The highest BCUT2D eigenvalue weighted by Gasteiger charge is 2.11. The molecule has 28 heavy (non-hydrogen) atoms. The van der Waals surface area contributed by atoms with Crippen LogP contribution in [0.4, 0.5) is 5.69 Å². The van der Waals surface area contributed by atoms with E-state index in [0.29, 0.717) is 46.7 Å². The third-order valence-electron chi connectivity index (χ3n) is 4.10. The van der Waals surface area contributed by atoms with Crippen LogP contribution in [0.15, 0.2) is 30.3 Å². The Labute approximate surface area is 169 Å². The van der Waals surface area contributed by atoms with Crippen molar-refractivity contribution in [2.24, 2.45) is 0 Å². The summed E-state index contributed by atoms with van der Waals surface area (Å²) in [5, 5.41) is 6.34. The van der Waals surface area contributed by atoms with Crippen molar-refractivity contribution in [1.29, 1.82) is 0 Å². The van der Waals surface area contributed by atoms with Gasteiger partial charge in [-0.2, -0.15) is 0 Å². The van der Waals surface area contributed by atoms with Crippen LogP contribution >= 0.6 is 11.6 Å². The Hall–Kier alpha value is -2.80. The maximum absolute atomic E-state index is 12.1. The monoisotopic (exact) mass is 408 g/mol. The van der Waals surface area contributed by atoms with E-state index in [4.69, 9.17) is 30.5 Å². The fourth-order valence-electron chi connectivity index (χ4n) is 2.62. The van der Waals surface area contributed by atoms with Gasteiger partial charge in [-0.1, -0.05) is 17.7 Å². The molecule has 0 aliphatic heterocycles. The molecule has 0 heterocycles. The summed E-state index contributed by atoms with van der Waals surface area (Å²) < 4.78 is 21.0. The van der Waals surface area contributed by atoms with Gasteiger partial charge in [-0.05, 0) is 24.1 Å². The van der Waals surface area contributed by atoms with Crippen molar-refractivity contribution in [2.45, 2.75) is 6.42 Å². The van der Waals surface area contributed by atoms with Crippen molar-refractivity contribution in [2.75, 3.05) is 46.8 Å². The lowest BCUT2D eigenvalue weighted by Crippen LogP contribution is -2.31. The van der Waals surface area contributed by atoms with Crippen LogP contribution in [0.1, 0.15) is 5.56 Å². The van der Waals surface area contributed by atoms with Crippen LogP contribution < -0.4 is 29.6 Å². The van der Waals surface area contributed by atoms with Crippen molar-refractivity contribution < 1.29 is 23.7 Å². The number of hydrogen-bond donors (Lipinski definition) is 2. The minimum atomic E-state index is -0.142. The number of nitrogens with one attached hydrogen (secondary N) is 2. The second kappa shape index (κ2) is 10.5. The first kappa shape index (κ1) is 21.5. The molecule has 0 aliphatic carbocycles. The number of ether oxygens (including phenoxy) is 4. The molecule has 0 saturated carbocycles. The topological polar surface area (TPSA) is 78.1 Å². The van der Waals surface area contributed by atoms with Gasteiger partial charge in [0.1, 0.15) is 11.5 Å². The Morgan fingerprint density at radius 3 is 2.21 bits per heavy atom. The number of amides is 1. The Morgan fingerprint density at radius 2 is 1.57 bits per heavy atom. The molecule has 0 aromatic heterocycles. The Kier molecular flexibility index (Phi) is 8.07. The Balaban J connectivity index is 1.87. The number of methoxy groups -OCH3 is 4. The predicted molar refractivity (Wildman–Crippen MR) is 109 cm³/mol. The molecule has 0 bridgehead atoms. The average molecular weight is 409 g/mol. The standard InChI is InChI=1S/C20H25ClN2O5/c1-25-16-6-5-13(9-19(16)28-4)7-8-22-20(24)12-23-15-11-17(26-2)14(21)10-18(15)27-3/h5-6,9-11,23H,7-8,12H2,1-4H3,(H,22,24). The third kappa shape index (κ3) is 5.60. The summed E-state index contributed by atoms with van der Waals surface area (Å²) in [5.74, 6) is 2.22. The minimum Gasteiger partial charge on any atom is -0.495 e. The Morgan fingerprint density at radius 1 is 0.893 bits per heavy atom. The van der Waals surface area contributed by atoms with E-state index in [2.05, 4.69) is 10.6 Å². The zero-order valence-corrected chi connectivity index (χ0v) is 17.2. The lowest BCUT2D eigenvalue weighted by Gasteiger charge is -2.14. The summed E-state index contributed by atoms with van der Waals surface area (Å²) in [4.78, 5) is 12.1. The second-order valence-corrected chi connectivity index (χ2v) is 6.24. The number of hydrogen-bond acceptors (Lipinski definition) is 6. The van der Waals surface area contributed by atoms with Crippen molar-refractivity contribution in [1.82, 2.24) is 5.32 Å². The highest BCUT2D eigenvalue weighted by Crippen LogP contribution is 2.35. The lowest BCUT2D eigenvalue weighted by atomic mass is 10.1. The minimum absolute atomic E-state index is 0.0904. The first-order valence-electron chi connectivity index (χ1n) is 8.65. The highest BCUT2D eigenvalue weighted by atomic mass is 35.5. The average Bonchev–Trinajstić information content (AvgIpc) is 2.72. The number of carbonyl (C=O) groups is 1. The molecule has 7 nitrogen and oxygen atoms in total. The number of benzene rings is 2. The molecule has 0 radical (unpaired) electrons. The molecule has 2 rings (SSSR count). The van der Waals surface area contributed by atoms with Crippen molar-refractivity contribution in [3.63, 3.8) is 0 Å². The van der Waals surface area contributed by atoms with Gasteiger partial charge in [-0.3, -0.25) is 4.79 Å². The first-order valence-corrected chi connectivity index (χ1v) is 9.03. The van der Waals surface area contributed by atoms with Gasteiger partial charge >= 0.3 is 0 Å². The molecule has 8 heteroatoms. The molecule has 0 unspecified atom stereocenters. The van der Waals surface area contributed by atoms with E-state index in [9.17, 15) is 4.79 Å². The maximum Gasteiger partial charge on any atom is 0.239 e. The molecular weight excluding hydrogens is 384 g/mol. The number of halogens is 1. The molecule has 1 amide bonds. The second-order valence-electron chi connectivity index (χ2n) is 5.83. The largest absolute Gasteiger partial charge is 0.495 e. The molecule has 2 aromatic rings. The van der Waals surface area contributed by atoms with E-state index < -0.39 is 0 Å². The van der Waals surface area contributed by atoms with E-state index in [1.807, 2.05) is 18.2 Å². The van der Waals surface area contributed by atoms with Gasteiger partial charge in [0, 0.05) is 18.7 Å². The van der Waals surface area contributed by atoms with Gasteiger partial charge in [0.2, 0.25) is 5.91 Å². The van der Waals surface area contributed by atoms with E-state index in [0.717, 1.165) is 5.56 Å². The Bertz CT molecular complexity index is 813. The molecule has 0 aliphatic rings. The summed E-state index contributed by atoms with van der Waals surface area (Å²) in [5.41, 5.74) is 1.66. The van der Waals surface area contributed by atoms with Crippen LogP contribution in [0.2, 0.25) is 5.02 Å². The zero-order chi connectivity index (χ0) is 20.5. The van der Waals surface area contributed by atoms with Crippen LogP contribution in [0.3, 0.4) is 0 Å². The lowest BCUT2D eigenvalue weighted by molar-refractivity contribution is -0.119. The first-order chi connectivity index (χ1) is 13.5. The van der Waals surface area contributed by atoms with Crippen LogP contribution in [0.5, 0.6) is 23.0 Å². The number of anilines is 1. The summed E-state index contributed by atoms with van der Waals surface area (Å²) in [6, 6.07) is 9.01. The fourth-order valence-corrected chi connectivity index (χ4v) is 2.85. The number of rotatable bonds is 10. The van der Waals surface area contributed by atoms with Crippen molar-refractivity contribution in [3.05, 3.63) is 40.9 Å². The van der Waals surface area contributed by atoms with E-state index in [1.54, 1.807) is 26.4 Å². The van der Waals surface area contributed by atoms with Gasteiger partial charge in [-0.25, -0.2) is 0 Å². The fraction of sp³-hybridized carbons (Fsp3) is 0.350. The zero-order valence-electron chi connectivity index (χ0n) is 16.4. The van der Waals surface area contributed by atoms with Crippen molar-refractivity contribution in [3.8, 4) is 23.0 Å². The SMILES string of the molecule is COc1cc(NCC(=O)NCCc2ccc(OC)c(OC)c2)c(OC)cc1Cl. The summed E-state index contributed by atoms with van der Waals surface area (Å²) in [7, 11) is 6.25.